The van der Waals surface area contributed by atoms with E-state index in [1.165, 1.54) is 0 Å². The van der Waals surface area contributed by atoms with Crippen LogP contribution >= 0.6 is 0 Å². The van der Waals surface area contributed by atoms with Gasteiger partial charge in [-0.05, 0) is 29.1 Å². The molecule has 0 nitrogen and oxygen atoms in total. The predicted molar refractivity (Wildman–Crippen MR) is 50.4 cm³/mol. The van der Waals surface area contributed by atoms with E-state index in [1.807, 2.05) is 0 Å². The Morgan fingerprint density at radius 2 is 1.00 bits per heavy atom. The quantitative estimate of drug-likeness (QED) is 0.500. The third-order valence-corrected chi connectivity index (χ3v) is 4.75. The van der Waals surface area contributed by atoms with E-state index >= 15 is 0 Å². The van der Waals surface area contributed by atoms with Crippen molar-refractivity contribution >= 4 is 0 Å². The standard InChI is InChI=1S/C11H22/c1-7-8(2)10(4)11(5,6)9(7)3/h7-10H,1-6H3/t7-,8+,9-,10+. The highest BCUT2D eigenvalue weighted by Gasteiger charge is 2.46. The van der Waals surface area contributed by atoms with Crippen molar-refractivity contribution in [2.24, 2.45) is 29.1 Å². The molecular formula is C11H22. The summed E-state index contributed by atoms with van der Waals surface area (Å²) in [6.45, 7) is 14.5. The van der Waals surface area contributed by atoms with E-state index in [-0.39, 0.29) is 0 Å². The first kappa shape index (κ1) is 9.09. The maximum absolute atomic E-state index is 2.42. The highest BCUT2D eigenvalue weighted by Crippen LogP contribution is 2.53. The minimum Gasteiger partial charge on any atom is -0.0620 e. The van der Waals surface area contributed by atoms with Gasteiger partial charge in [-0.25, -0.2) is 0 Å². The van der Waals surface area contributed by atoms with E-state index in [1.54, 1.807) is 0 Å². The van der Waals surface area contributed by atoms with Gasteiger partial charge >= 0.3 is 0 Å². The Hall–Kier alpha value is 0. The zero-order chi connectivity index (χ0) is 8.81. The van der Waals surface area contributed by atoms with Gasteiger partial charge in [0.1, 0.15) is 0 Å². The molecule has 0 bridgehead atoms. The summed E-state index contributed by atoms with van der Waals surface area (Å²) >= 11 is 0. The van der Waals surface area contributed by atoms with Gasteiger partial charge < -0.3 is 0 Å². The minimum absolute atomic E-state index is 0.554. The van der Waals surface area contributed by atoms with Gasteiger partial charge in [-0.2, -0.15) is 0 Å². The first-order valence-corrected chi connectivity index (χ1v) is 4.89. The van der Waals surface area contributed by atoms with Crippen molar-refractivity contribution < 1.29 is 0 Å². The van der Waals surface area contributed by atoms with Gasteiger partial charge in [-0.15, -0.1) is 0 Å². The molecule has 1 saturated carbocycles. The second kappa shape index (κ2) is 2.50. The van der Waals surface area contributed by atoms with Crippen LogP contribution in [-0.4, -0.2) is 0 Å². The molecule has 0 N–H and O–H groups in total. The van der Waals surface area contributed by atoms with Gasteiger partial charge in [0.2, 0.25) is 0 Å². The Kier molecular flexibility index (Phi) is 2.07. The SMILES string of the molecule is C[C@@H]1[C@H](C)[C@H](C)C(C)(C)[C@@H]1C. The third kappa shape index (κ3) is 1.11. The maximum atomic E-state index is 2.42. The summed E-state index contributed by atoms with van der Waals surface area (Å²) in [6, 6.07) is 0. The second-order valence-corrected chi connectivity index (χ2v) is 5.12. The van der Waals surface area contributed by atoms with Crippen LogP contribution in [0.15, 0.2) is 0 Å². The van der Waals surface area contributed by atoms with Gasteiger partial charge in [-0.3, -0.25) is 0 Å². The summed E-state index contributed by atoms with van der Waals surface area (Å²) in [7, 11) is 0. The second-order valence-electron chi connectivity index (χ2n) is 5.12. The van der Waals surface area contributed by atoms with Gasteiger partial charge in [0.25, 0.3) is 0 Å². The molecule has 1 aliphatic rings. The van der Waals surface area contributed by atoms with E-state index in [4.69, 9.17) is 0 Å². The molecule has 0 heterocycles. The first-order chi connectivity index (χ1) is 4.89. The monoisotopic (exact) mass is 154 g/mol. The van der Waals surface area contributed by atoms with Crippen molar-refractivity contribution in [2.45, 2.75) is 41.5 Å². The average Bonchev–Trinajstić information content (AvgIpc) is 2.06. The van der Waals surface area contributed by atoms with Gasteiger partial charge in [0, 0.05) is 0 Å². The fourth-order valence-electron chi connectivity index (χ4n) is 2.68. The summed E-state index contributed by atoms with van der Waals surface area (Å²) in [6.07, 6.45) is 0. The summed E-state index contributed by atoms with van der Waals surface area (Å²) in [5.74, 6) is 3.57. The average molecular weight is 154 g/mol. The molecule has 1 rings (SSSR count). The van der Waals surface area contributed by atoms with E-state index in [0.29, 0.717) is 5.41 Å². The number of hydrogen-bond donors (Lipinski definition) is 0. The number of hydrogen-bond acceptors (Lipinski definition) is 0. The van der Waals surface area contributed by atoms with Crippen LogP contribution in [0.25, 0.3) is 0 Å². The molecule has 0 aromatic heterocycles. The van der Waals surface area contributed by atoms with Crippen LogP contribution in [0.1, 0.15) is 41.5 Å². The number of rotatable bonds is 0. The highest BCUT2D eigenvalue weighted by atomic mass is 14.5. The van der Waals surface area contributed by atoms with E-state index in [9.17, 15) is 0 Å². The largest absolute Gasteiger partial charge is 0.0620 e. The van der Waals surface area contributed by atoms with Crippen LogP contribution in [0.5, 0.6) is 0 Å². The molecule has 1 aliphatic carbocycles. The van der Waals surface area contributed by atoms with Crippen molar-refractivity contribution in [3.8, 4) is 0 Å². The van der Waals surface area contributed by atoms with Gasteiger partial charge in [0.05, 0.1) is 0 Å². The molecule has 1 fully saturated rings. The molecule has 4 atom stereocenters. The molecule has 66 valence electrons. The van der Waals surface area contributed by atoms with Gasteiger partial charge in [-0.1, -0.05) is 41.5 Å². The van der Waals surface area contributed by atoms with Crippen LogP contribution < -0.4 is 0 Å². The van der Waals surface area contributed by atoms with Crippen LogP contribution in [0, 0.1) is 29.1 Å². The van der Waals surface area contributed by atoms with Crippen molar-refractivity contribution in [1.82, 2.24) is 0 Å². The zero-order valence-corrected chi connectivity index (χ0v) is 8.81. The Morgan fingerprint density at radius 1 is 0.727 bits per heavy atom. The highest BCUT2D eigenvalue weighted by molar-refractivity contribution is 4.95. The van der Waals surface area contributed by atoms with Crippen LogP contribution in [0.3, 0.4) is 0 Å². The van der Waals surface area contributed by atoms with Crippen LogP contribution in [0.2, 0.25) is 0 Å². The normalized spacial score (nSPS) is 49.6. The fourth-order valence-corrected chi connectivity index (χ4v) is 2.68. The smallest absolute Gasteiger partial charge is 0.0298 e. The summed E-state index contributed by atoms with van der Waals surface area (Å²) < 4.78 is 0. The lowest BCUT2D eigenvalue weighted by Gasteiger charge is -2.30. The minimum atomic E-state index is 0.554. The van der Waals surface area contributed by atoms with Crippen molar-refractivity contribution in [3.05, 3.63) is 0 Å². The Bertz CT molecular complexity index is 130. The summed E-state index contributed by atoms with van der Waals surface area (Å²) in [4.78, 5) is 0. The lowest BCUT2D eigenvalue weighted by atomic mass is 9.76. The van der Waals surface area contributed by atoms with E-state index in [2.05, 4.69) is 41.5 Å². The van der Waals surface area contributed by atoms with Crippen molar-refractivity contribution in [3.63, 3.8) is 0 Å². The summed E-state index contributed by atoms with van der Waals surface area (Å²) in [5, 5.41) is 0. The molecule has 0 amide bonds. The molecule has 0 aromatic rings. The molecular weight excluding hydrogens is 132 g/mol. The maximum Gasteiger partial charge on any atom is -0.0298 e. The topological polar surface area (TPSA) is 0 Å². The molecule has 11 heavy (non-hydrogen) atoms. The van der Waals surface area contributed by atoms with E-state index in [0.717, 1.165) is 23.7 Å². The molecule has 0 aliphatic heterocycles. The lowest BCUT2D eigenvalue weighted by Crippen LogP contribution is -2.22. The Labute approximate surface area is 71.4 Å². The molecule has 0 saturated heterocycles. The lowest BCUT2D eigenvalue weighted by molar-refractivity contribution is 0.193. The first-order valence-electron chi connectivity index (χ1n) is 4.89. The Morgan fingerprint density at radius 3 is 1.09 bits per heavy atom. The summed E-state index contributed by atoms with van der Waals surface area (Å²) in [5.41, 5.74) is 0.554. The molecule has 0 aromatic carbocycles. The zero-order valence-electron chi connectivity index (χ0n) is 8.81. The predicted octanol–water partition coefficient (Wildman–Crippen LogP) is 3.57. The van der Waals surface area contributed by atoms with Gasteiger partial charge in [0.15, 0.2) is 0 Å². The van der Waals surface area contributed by atoms with Crippen molar-refractivity contribution in [2.75, 3.05) is 0 Å². The van der Waals surface area contributed by atoms with Crippen LogP contribution in [0.4, 0.5) is 0 Å². The Balaban J connectivity index is 2.87. The third-order valence-electron chi connectivity index (χ3n) is 4.75. The molecule has 0 heteroatoms. The van der Waals surface area contributed by atoms with Crippen molar-refractivity contribution in [1.29, 1.82) is 0 Å². The molecule has 0 radical (unpaired) electrons. The van der Waals surface area contributed by atoms with E-state index < -0.39 is 0 Å². The molecule has 0 spiro atoms. The molecule has 0 unspecified atom stereocenters. The van der Waals surface area contributed by atoms with Crippen LogP contribution in [-0.2, 0) is 0 Å². The fraction of sp³-hybridized carbons (Fsp3) is 1.00.